The highest BCUT2D eigenvalue weighted by Crippen LogP contribution is 2.42. The van der Waals surface area contributed by atoms with E-state index >= 15 is 0 Å². The smallest absolute Gasteiger partial charge is 0.131 e. The molecule has 1 fully saturated rings. The summed E-state index contributed by atoms with van der Waals surface area (Å²) in [5, 5.41) is 0. The molecular weight excluding hydrogens is 224 g/mol. The van der Waals surface area contributed by atoms with Crippen molar-refractivity contribution in [3.8, 4) is 11.5 Å². The molecule has 18 heavy (non-hydrogen) atoms. The van der Waals surface area contributed by atoms with Crippen LogP contribution in [-0.2, 0) is 0 Å². The van der Waals surface area contributed by atoms with E-state index in [0.29, 0.717) is 0 Å². The van der Waals surface area contributed by atoms with Gasteiger partial charge in [-0.25, -0.2) is 0 Å². The molecule has 0 bridgehead atoms. The highest BCUT2D eigenvalue weighted by molar-refractivity contribution is 5.66. The van der Waals surface area contributed by atoms with Crippen molar-refractivity contribution in [3.05, 3.63) is 29.3 Å². The van der Waals surface area contributed by atoms with Gasteiger partial charge in [0.2, 0.25) is 0 Å². The van der Waals surface area contributed by atoms with Crippen LogP contribution in [0.3, 0.4) is 0 Å². The molecule has 1 aliphatic carbocycles. The minimum Gasteiger partial charge on any atom is -0.497 e. The van der Waals surface area contributed by atoms with Gasteiger partial charge in [0.25, 0.3) is 0 Å². The molecule has 0 unspecified atom stereocenters. The van der Waals surface area contributed by atoms with Crippen LogP contribution in [0.4, 0.5) is 0 Å². The van der Waals surface area contributed by atoms with E-state index in [9.17, 15) is 0 Å². The molecule has 96 valence electrons. The SMILES string of the molecule is COc1cc(C)c2c(c1)OC1(C=C2)CCCCC1. The molecule has 2 aliphatic rings. The highest BCUT2D eigenvalue weighted by Gasteiger charge is 2.34. The largest absolute Gasteiger partial charge is 0.497 e. The van der Waals surface area contributed by atoms with Gasteiger partial charge >= 0.3 is 0 Å². The second-order valence-electron chi connectivity index (χ2n) is 5.42. The number of benzene rings is 1. The van der Waals surface area contributed by atoms with Crippen LogP contribution in [0.2, 0.25) is 0 Å². The predicted molar refractivity (Wildman–Crippen MR) is 73.2 cm³/mol. The number of ether oxygens (including phenoxy) is 2. The monoisotopic (exact) mass is 244 g/mol. The predicted octanol–water partition coefficient (Wildman–Crippen LogP) is 4.11. The molecule has 0 amide bonds. The molecule has 0 radical (unpaired) electrons. The molecular formula is C16H20O2. The number of methoxy groups -OCH3 is 1. The van der Waals surface area contributed by atoms with E-state index in [1.807, 2.05) is 6.07 Å². The fourth-order valence-corrected chi connectivity index (χ4v) is 3.06. The first-order valence-corrected chi connectivity index (χ1v) is 6.79. The highest BCUT2D eigenvalue weighted by atomic mass is 16.5. The van der Waals surface area contributed by atoms with Gasteiger partial charge in [-0.1, -0.05) is 12.5 Å². The maximum Gasteiger partial charge on any atom is 0.131 e. The summed E-state index contributed by atoms with van der Waals surface area (Å²) in [6.07, 6.45) is 10.7. The van der Waals surface area contributed by atoms with Crippen molar-refractivity contribution in [2.75, 3.05) is 7.11 Å². The van der Waals surface area contributed by atoms with Crippen LogP contribution < -0.4 is 9.47 Å². The summed E-state index contributed by atoms with van der Waals surface area (Å²) in [6, 6.07) is 4.08. The molecule has 0 N–H and O–H groups in total. The Bertz CT molecular complexity index is 482. The van der Waals surface area contributed by atoms with Crippen molar-refractivity contribution >= 4 is 6.08 Å². The van der Waals surface area contributed by atoms with E-state index in [2.05, 4.69) is 25.1 Å². The molecule has 1 aliphatic heterocycles. The van der Waals surface area contributed by atoms with E-state index in [0.717, 1.165) is 24.3 Å². The van der Waals surface area contributed by atoms with Crippen LogP contribution in [-0.4, -0.2) is 12.7 Å². The van der Waals surface area contributed by atoms with E-state index in [-0.39, 0.29) is 5.60 Å². The van der Waals surface area contributed by atoms with Crippen molar-refractivity contribution in [1.82, 2.24) is 0 Å². The maximum absolute atomic E-state index is 6.32. The van der Waals surface area contributed by atoms with Crippen molar-refractivity contribution < 1.29 is 9.47 Å². The van der Waals surface area contributed by atoms with Gasteiger partial charge in [0.15, 0.2) is 0 Å². The average Bonchev–Trinajstić information content (AvgIpc) is 2.39. The summed E-state index contributed by atoms with van der Waals surface area (Å²) in [5.41, 5.74) is 2.36. The lowest BCUT2D eigenvalue weighted by molar-refractivity contribution is 0.0749. The number of hydrogen-bond acceptors (Lipinski definition) is 2. The zero-order valence-corrected chi connectivity index (χ0v) is 11.2. The van der Waals surface area contributed by atoms with E-state index in [1.165, 1.54) is 30.4 Å². The Morgan fingerprint density at radius 1 is 1.17 bits per heavy atom. The molecule has 1 aromatic rings. The third kappa shape index (κ3) is 1.90. The molecule has 0 atom stereocenters. The van der Waals surface area contributed by atoms with Gasteiger partial charge < -0.3 is 9.47 Å². The summed E-state index contributed by atoms with van der Waals surface area (Å²) in [5.74, 6) is 1.86. The molecule has 1 heterocycles. The number of aryl methyl sites for hydroxylation is 1. The first-order valence-electron chi connectivity index (χ1n) is 6.79. The summed E-state index contributed by atoms with van der Waals surface area (Å²) in [4.78, 5) is 0. The van der Waals surface area contributed by atoms with Crippen LogP contribution in [0, 0.1) is 6.92 Å². The normalized spacial score (nSPS) is 20.3. The zero-order chi connectivity index (χ0) is 12.6. The van der Waals surface area contributed by atoms with Gasteiger partial charge in [-0.3, -0.25) is 0 Å². The quantitative estimate of drug-likeness (QED) is 0.740. The second-order valence-corrected chi connectivity index (χ2v) is 5.42. The van der Waals surface area contributed by atoms with Crippen molar-refractivity contribution in [2.45, 2.75) is 44.6 Å². The average molecular weight is 244 g/mol. The number of rotatable bonds is 1. The third-order valence-electron chi connectivity index (χ3n) is 4.12. The Morgan fingerprint density at radius 3 is 2.67 bits per heavy atom. The lowest BCUT2D eigenvalue weighted by Gasteiger charge is -2.38. The maximum atomic E-state index is 6.32. The van der Waals surface area contributed by atoms with Crippen LogP contribution >= 0.6 is 0 Å². The van der Waals surface area contributed by atoms with Crippen LogP contribution in [0.25, 0.3) is 6.08 Å². The first kappa shape index (κ1) is 11.6. The molecule has 1 aromatic carbocycles. The van der Waals surface area contributed by atoms with Crippen LogP contribution in [0.1, 0.15) is 43.2 Å². The van der Waals surface area contributed by atoms with Gasteiger partial charge in [0, 0.05) is 11.6 Å². The van der Waals surface area contributed by atoms with Gasteiger partial charge in [0.05, 0.1) is 7.11 Å². The molecule has 0 aromatic heterocycles. The fourth-order valence-electron chi connectivity index (χ4n) is 3.06. The minimum atomic E-state index is -0.0515. The Morgan fingerprint density at radius 2 is 1.94 bits per heavy atom. The van der Waals surface area contributed by atoms with Gasteiger partial charge in [-0.05, 0) is 50.3 Å². The Hall–Kier alpha value is -1.44. The second kappa shape index (κ2) is 4.34. The van der Waals surface area contributed by atoms with E-state index < -0.39 is 0 Å². The van der Waals surface area contributed by atoms with Gasteiger partial charge in [-0.15, -0.1) is 0 Å². The van der Waals surface area contributed by atoms with Crippen LogP contribution in [0.15, 0.2) is 18.2 Å². The number of fused-ring (bicyclic) bond motifs is 1. The Balaban J connectivity index is 1.98. The first-order chi connectivity index (χ1) is 8.72. The lowest BCUT2D eigenvalue weighted by atomic mass is 9.82. The van der Waals surface area contributed by atoms with Crippen molar-refractivity contribution in [3.63, 3.8) is 0 Å². The van der Waals surface area contributed by atoms with Crippen LogP contribution in [0.5, 0.6) is 11.5 Å². The van der Waals surface area contributed by atoms with Gasteiger partial charge in [-0.2, -0.15) is 0 Å². The molecule has 2 nitrogen and oxygen atoms in total. The molecule has 1 saturated carbocycles. The molecule has 1 spiro atoms. The summed E-state index contributed by atoms with van der Waals surface area (Å²) in [6.45, 7) is 2.11. The zero-order valence-electron chi connectivity index (χ0n) is 11.2. The number of hydrogen-bond donors (Lipinski definition) is 0. The molecule has 3 rings (SSSR count). The summed E-state index contributed by atoms with van der Waals surface area (Å²) in [7, 11) is 1.70. The Labute approximate surface area is 109 Å². The van der Waals surface area contributed by atoms with Crippen molar-refractivity contribution in [1.29, 1.82) is 0 Å². The van der Waals surface area contributed by atoms with E-state index in [1.54, 1.807) is 7.11 Å². The fraction of sp³-hybridized carbons (Fsp3) is 0.500. The summed E-state index contributed by atoms with van der Waals surface area (Å²) >= 11 is 0. The van der Waals surface area contributed by atoms with Gasteiger partial charge in [0.1, 0.15) is 17.1 Å². The van der Waals surface area contributed by atoms with E-state index in [4.69, 9.17) is 9.47 Å². The minimum absolute atomic E-state index is 0.0515. The Kier molecular flexibility index (Phi) is 2.81. The lowest BCUT2D eigenvalue weighted by Crippen LogP contribution is -2.37. The molecule has 2 heteroatoms. The topological polar surface area (TPSA) is 18.5 Å². The summed E-state index contributed by atoms with van der Waals surface area (Å²) < 4.78 is 11.6. The third-order valence-corrected chi connectivity index (χ3v) is 4.12. The molecule has 0 saturated heterocycles. The van der Waals surface area contributed by atoms with Crippen molar-refractivity contribution in [2.24, 2.45) is 0 Å². The standard InChI is InChI=1S/C16H20O2/c1-12-10-13(17-2)11-15-14(12)6-9-16(18-15)7-4-3-5-8-16/h6,9-11H,3-5,7-8H2,1-2H3.